The molecule has 0 radical (unpaired) electrons. The van der Waals surface area contributed by atoms with E-state index in [1.165, 1.54) is 0 Å². The van der Waals surface area contributed by atoms with Gasteiger partial charge in [-0.15, -0.1) is 0 Å². The van der Waals surface area contributed by atoms with E-state index in [1.54, 1.807) is 54.2 Å². The number of hydrogen-bond acceptors (Lipinski definition) is 4. The van der Waals surface area contributed by atoms with Crippen LogP contribution in [0.5, 0.6) is 5.75 Å². The number of rotatable bonds is 9. The average Bonchev–Trinajstić information content (AvgIpc) is 2.67. The Bertz CT molecular complexity index is 862. The fraction of sp³-hybridized carbons (Fsp3) is 0.333. The number of nitrogens with one attached hydrogen (secondary N) is 2. The van der Waals surface area contributed by atoms with Crippen molar-refractivity contribution in [3.63, 3.8) is 0 Å². The van der Waals surface area contributed by atoms with Crippen molar-refractivity contribution in [2.45, 2.75) is 32.4 Å². The molecule has 29 heavy (non-hydrogen) atoms. The standard InChI is InChI=1S/C21H24Cl2N2O3S/c1-13(2)28-19-9-8-14(12-17(19)23)24-21(27)18(10-11-29-3)25-20(26)15-6-4-5-7-16(15)22/h4-9,12-13,18H,10-11H2,1-3H3,(H,24,27)(H,25,26). The number of hydrogen-bond donors (Lipinski definition) is 2. The van der Waals surface area contributed by atoms with Crippen LogP contribution in [0.1, 0.15) is 30.6 Å². The lowest BCUT2D eigenvalue weighted by Crippen LogP contribution is -2.44. The molecule has 5 nitrogen and oxygen atoms in total. The molecule has 0 aromatic heterocycles. The third-order valence-corrected chi connectivity index (χ3v) is 5.18. The maximum atomic E-state index is 12.8. The van der Waals surface area contributed by atoms with Gasteiger partial charge in [0.05, 0.1) is 21.7 Å². The number of amides is 2. The summed E-state index contributed by atoms with van der Waals surface area (Å²) in [5.41, 5.74) is 0.853. The Hall–Kier alpha value is -1.89. The zero-order valence-electron chi connectivity index (χ0n) is 16.5. The highest BCUT2D eigenvalue weighted by Crippen LogP contribution is 2.28. The Labute approximate surface area is 185 Å². The summed E-state index contributed by atoms with van der Waals surface area (Å²) in [5.74, 6) is 0.539. The molecule has 0 saturated carbocycles. The van der Waals surface area contributed by atoms with Crippen molar-refractivity contribution in [1.29, 1.82) is 0 Å². The predicted octanol–water partition coefficient (Wildman–Crippen LogP) is 5.27. The van der Waals surface area contributed by atoms with Crippen molar-refractivity contribution < 1.29 is 14.3 Å². The molecule has 0 saturated heterocycles. The van der Waals surface area contributed by atoms with Crippen LogP contribution in [0.15, 0.2) is 42.5 Å². The molecule has 2 aromatic carbocycles. The zero-order chi connectivity index (χ0) is 21.4. The lowest BCUT2D eigenvalue weighted by molar-refractivity contribution is -0.118. The van der Waals surface area contributed by atoms with Gasteiger partial charge in [-0.05, 0) is 62.6 Å². The van der Waals surface area contributed by atoms with Gasteiger partial charge < -0.3 is 15.4 Å². The molecule has 1 atom stereocenters. The molecule has 0 spiro atoms. The topological polar surface area (TPSA) is 67.4 Å². The SMILES string of the molecule is CSCCC(NC(=O)c1ccccc1Cl)C(=O)Nc1ccc(OC(C)C)c(Cl)c1. The van der Waals surface area contributed by atoms with E-state index in [9.17, 15) is 9.59 Å². The molecule has 0 fully saturated rings. The molecule has 2 aromatic rings. The van der Waals surface area contributed by atoms with Gasteiger partial charge in [-0.2, -0.15) is 11.8 Å². The summed E-state index contributed by atoms with van der Waals surface area (Å²) in [6.45, 7) is 3.81. The molecule has 0 bridgehead atoms. The Morgan fingerprint density at radius 2 is 1.83 bits per heavy atom. The fourth-order valence-electron chi connectivity index (χ4n) is 2.54. The van der Waals surface area contributed by atoms with E-state index in [0.29, 0.717) is 39.2 Å². The third kappa shape index (κ3) is 7.14. The van der Waals surface area contributed by atoms with Crippen LogP contribution in [0, 0.1) is 0 Å². The number of benzene rings is 2. The minimum absolute atomic E-state index is 0.0103. The van der Waals surface area contributed by atoms with Crippen molar-refractivity contribution in [2.24, 2.45) is 0 Å². The average molecular weight is 455 g/mol. The third-order valence-electron chi connectivity index (χ3n) is 3.91. The van der Waals surface area contributed by atoms with Crippen LogP contribution in [0.2, 0.25) is 10.0 Å². The smallest absolute Gasteiger partial charge is 0.253 e. The molecule has 0 aliphatic carbocycles. The first-order valence-corrected chi connectivity index (χ1v) is 11.3. The Balaban J connectivity index is 2.11. The predicted molar refractivity (Wildman–Crippen MR) is 122 cm³/mol. The van der Waals surface area contributed by atoms with Gasteiger partial charge in [0.15, 0.2) is 0 Å². The van der Waals surface area contributed by atoms with E-state index < -0.39 is 11.9 Å². The quantitative estimate of drug-likeness (QED) is 0.541. The molecule has 0 aliphatic rings. The van der Waals surface area contributed by atoms with E-state index in [-0.39, 0.29) is 12.0 Å². The first-order valence-electron chi connectivity index (χ1n) is 9.13. The second-order valence-electron chi connectivity index (χ2n) is 6.59. The molecular formula is C21H24Cl2N2O3S. The number of carbonyl (C=O) groups is 2. The fourth-order valence-corrected chi connectivity index (χ4v) is 3.46. The summed E-state index contributed by atoms with van der Waals surface area (Å²) in [6, 6.07) is 11.0. The van der Waals surface area contributed by atoms with E-state index in [0.717, 1.165) is 0 Å². The van der Waals surface area contributed by atoms with Crippen molar-refractivity contribution in [2.75, 3.05) is 17.3 Å². The van der Waals surface area contributed by atoms with E-state index in [1.807, 2.05) is 20.1 Å². The second-order valence-corrected chi connectivity index (χ2v) is 8.39. The maximum Gasteiger partial charge on any atom is 0.253 e. The molecule has 2 N–H and O–H groups in total. The highest BCUT2D eigenvalue weighted by atomic mass is 35.5. The van der Waals surface area contributed by atoms with Crippen LogP contribution in [0.3, 0.4) is 0 Å². The molecule has 1 unspecified atom stereocenters. The number of halogens is 2. The zero-order valence-corrected chi connectivity index (χ0v) is 18.8. The van der Waals surface area contributed by atoms with E-state index >= 15 is 0 Å². The monoisotopic (exact) mass is 454 g/mol. The summed E-state index contributed by atoms with van der Waals surface area (Å²) >= 11 is 13.9. The van der Waals surface area contributed by atoms with Crippen LogP contribution in [-0.4, -0.2) is 36.0 Å². The number of ether oxygens (including phenoxy) is 1. The molecular weight excluding hydrogens is 431 g/mol. The Kier molecular flexibility index (Phi) is 9.14. The van der Waals surface area contributed by atoms with Gasteiger partial charge in [-0.1, -0.05) is 35.3 Å². The summed E-state index contributed by atoms with van der Waals surface area (Å²) in [7, 11) is 0. The van der Waals surface area contributed by atoms with E-state index in [4.69, 9.17) is 27.9 Å². The highest BCUT2D eigenvalue weighted by molar-refractivity contribution is 7.98. The Morgan fingerprint density at radius 1 is 1.10 bits per heavy atom. The number of carbonyl (C=O) groups excluding carboxylic acids is 2. The van der Waals surface area contributed by atoms with Gasteiger partial charge in [0, 0.05) is 5.69 Å². The molecule has 2 rings (SSSR count). The van der Waals surface area contributed by atoms with Crippen molar-refractivity contribution in [3.8, 4) is 5.75 Å². The molecule has 156 valence electrons. The van der Waals surface area contributed by atoms with Crippen LogP contribution in [0.4, 0.5) is 5.69 Å². The highest BCUT2D eigenvalue weighted by Gasteiger charge is 2.22. The Morgan fingerprint density at radius 3 is 2.45 bits per heavy atom. The van der Waals surface area contributed by atoms with E-state index in [2.05, 4.69) is 10.6 Å². The summed E-state index contributed by atoms with van der Waals surface area (Å²) in [4.78, 5) is 25.4. The molecule has 2 amide bonds. The molecule has 0 heterocycles. The van der Waals surface area contributed by atoms with Gasteiger partial charge in [0.25, 0.3) is 5.91 Å². The normalized spacial score (nSPS) is 11.8. The van der Waals surface area contributed by atoms with Gasteiger partial charge >= 0.3 is 0 Å². The first kappa shape index (κ1) is 23.4. The van der Waals surface area contributed by atoms with Crippen molar-refractivity contribution >= 4 is 52.5 Å². The number of thioether (sulfide) groups is 1. The number of anilines is 1. The second kappa shape index (κ2) is 11.3. The van der Waals surface area contributed by atoms with Gasteiger partial charge in [-0.25, -0.2) is 0 Å². The lowest BCUT2D eigenvalue weighted by atomic mass is 10.1. The first-order chi connectivity index (χ1) is 13.8. The van der Waals surface area contributed by atoms with Crippen molar-refractivity contribution in [1.82, 2.24) is 5.32 Å². The van der Waals surface area contributed by atoms with Crippen LogP contribution in [0.25, 0.3) is 0 Å². The summed E-state index contributed by atoms with van der Waals surface area (Å²) in [6.07, 6.45) is 2.41. The van der Waals surface area contributed by atoms with Gasteiger partial charge in [0.1, 0.15) is 11.8 Å². The van der Waals surface area contributed by atoms with Crippen LogP contribution < -0.4 is 15.4 Å². The molecule has 8 heteroatoms. The largest absolute Gasteiger partial charge is 0.489 e. The summed E-state index contributed by atoms with van der Waals surface area (Å²) in [5, 5.41) is 6.32. The van der Waals surface area contributed by atoms with Gasteiger partial charge in [-0.3, -0.25) is 9.59 Å². The van der Waals surface area contributed by atoms with Crippen LogP contribution in [-0.2, 0) is 4.79 Å². The molecule has 0 aliphatic heterocycles. The van der Waals surface area contributed by atoms with Crippen molar-refractivity contribution in [3.05, 3.63) is 58.1 Å². The van der Waals surface area contributed by atoms with Gasteiger partial charge in [0.2, 0.25) is 5.91 Å². The summed E-state index contributed by atoms with van der Waals surface area (Å²) < 4.78 is 5.60. The minimum atomic E-state index is -0.711. The maximum absolute atomic E-state index is 12.8. The minimum Gasteiger partial charge on any atom is -0.489 e. The van der Waals surface area contributed by atoms with Crippen LogP contribution >= 0.6 is 35.0 Å². The lowest BCUT2D eigenvalue weighted by Gasteiger charge is -2.19.